The topological polar surface area (TPSA) is 66.0 Å². The van der Waals surface area contributed by atoms with E-state index in [9.17, 15) is 4.79 Å². The van der Waals surface area contributed by atoms with Crippen molar-refractivity contribution in [3.05, 3.63) is 47.5 Å². The van der Waals surface area contributed by atoms with Crippen LogP contribution in [0.15, 0.2) is 36.4 Å². The molecule has 0 fully saturated rings. The summed E-state index contributed by atoms with van der Waals surface area (Å²) in [6.45, 7) is 5.36. The van der Waals surface area contributed by atoms with Gasteiger partial charge in [0.2, 0.25) is 11.7 Å². The summed E-state index contributed by atoms with van der Waals surface area (Å²) in [6, 6.07) is 11.3. The van der Waals surface area contributed by atoms with Crippen molar-refractivity contribution in [1.82, 2.24) is 5.32 Å². The molecule has 0 aliphatic rings. The summed E-state index contributed by atoms with van der Waals surface area (Å²) < 4.78 is 21.6. The maximum absolute atomic E-state index is 12.3. The van der Waals surface area contributed by atoms with Crippen LogP contribution in [0.4, 0.5) is 0 Å². The van der Waals surface area contributed by atoms with Crippen molar-refractivity contribution in [1.29, 1.82) is 0 Å². The Bertz CT molecular complexity index is 746. The fraction of sp³-hybridized carbons (Fsp3) is 0.409. The van der Waals surface area contributed by atoms with Gasteiger partial charge in [0.15, 0.2) is 11.5 Å². The van der Waals surface area contributed by atoms with Crippen LogP contribution in [0.3, 0.4) is 0 Å². The van der Waals surface area contributed by atoms with Crippen LogP contribution in [0.5, 0.6) is 23.0 Å². The molecule has 2 aromatic carbocycles. The Kier molecular flexibility index (Phi) is 7.99. The van der Waals surface area contributed by atoms with E-state index in [4.69, 9.17) is 18.9 Å². The average molecular weight is 387 g/mol. The van der Waals surface area contributed by atoms with E-state index < -0.39 is 0 Å². The Balaban J connectivity index is 1.93. The number of ether oxygens (including phenoxy) is 4. The summed E-state index contributed by atoms with van der Waals surface area (Å²) >= 11 is 0. The number of hydrogen-bond acceptors (Lipinski definition) is 5. The van der Waals surface area contributed by atoms with Crippen LogP contribution in [-0.4, -0.2) is 33.8 Å². The SMILES string of the molecule is COc1cc(CC(=O)NCc2ccc(OCC(C)C)cc2)cc(OC)c1OC. The maximum Gasteiger partial charge on any atom is 0.224 e. The Morgan fingerprint density at radius 2 is 1.54 bits per heavy atom. The molecule has 2 rings (SSSR count). The van der Waals surface area contributed by atoms with Crippen LogP contribution in [-0.2, 0) is 17.8 Å². The summed E-state index contributed by atoms with van der Waals surface area (Å²) in [7, 11) is 4.65. The quantitative estimate of drug-likeness (QED) is 0.675. The van der Waals surface area contributed by atoms with Gasteiger partial charge in [0.25, 0.3) is 0 Å². The van der Waals surface area contributed by atoms with Gasteiger partial charge < -0.3 is 24.3 Å². The van der Waals surface area contributed by atoms with Gasteiger partial charge in [0.1, 0.15) is 5.75 Å². The van der Waals surface area contributed by atoms with E-state index in [2.05, 4.69) is 19.2 Å². The van der Waals surface area contributed by atoms with Crippen molar-refractivity contribution in [2.45, 2.75) is 26.8 Å². The van der Waals surface area contributed by atoms with E-state index in [0.29, 0.717) is 36.3 Å². The molecule has 28 heavy (non-hydrogen) atoms. The van der Waals surface area contributed by atoms with Crippen LogP contribution in [0.2, 0.25) is 0 Å². The fourth-order valence-corrected chi connectivity index (χ4v) is 2.65. The molecule has 0 heterocycles. The Morgan fingerprint density at radius 3 is 2.04 bits per heavy atom. The minimum Gasteiger partial charge on any atom is -0.493 e. The molecule has 0 spiro atoms. The lowest BCUT2D eigenvalue weighted by molar-refractivity contribution is -0.120. The molecule has 0 saturated heterocycles. The molecular formula is C22H29NO5. The second-order valence-corrected chi connectivity index (χ2v) is 6.84. The number of benzene rings is 2. The smallest absolute Gasteiger partial charge is 0.224 e. The van der Waals surface area contributed by atoms with Crippen molar-refractivity contribution >= 4 is 5.91 Å². The molecular weight excluding hydrogens is 358 g/mol. The molecule has 0 bridgehead atoms. The van der Waals surface area contributed by atoms with Gasteiger partial charge in [-0.1, -0.05) is 26.0 Å². The first kappa shape index (κ1) is 21.4. The van der Waals surface area contributed by atoms with E-state index in [1.807, 2.05) is 24.3 Å². The van der Waals surface area contributed by atoms with Crippen molar-refractivity contribution in [3.8, 4) is 23.0 Å². The van der Waals surface area contributed by atoms with Gasteiger partial charge in [-0.2, -0.15) is 0 Å². The Morgan fingerprint density at radius 1 is 0.929 bits per heavy atom. The zero-order valence-corrected chi connectivity index (χ0v) is 17.2. The summed E-state index contributed by atoms with van der Waals surface area (Å²) in [5, 5.41) is 2.93. The number of nitrogens with one attached hydrogen (secondary N) is 1. The molecule has 2 aromatic rings. The summed E-state index contributed by atoms with van der Waals surface area (Å²) in [5.74, 6) is 2.79. The number of hydrogen-bond donors (Lipinski definition) is 1. The molecule has 152 valence electrons. The van der Waals surface area contributed by atoms with Gasteiger partial charge in [-0.05, 0) is 41.3 Å². The van der Waals surface area contributed by atoms with Crippen molar-refractivity contribution < 1.29 is 23.7 Å². The van der Waals surface area contributed by atoms with E-state index in [1.54, 1.807) is 33.5 Å². The lowest BCUT2D eigenvalue weighted by Crippen LogP contribution is -2.24. The predicted octanol–water partition coefficient (Wildman–Crippen LogP) is 3.61. The molecule has 6 heteroatoms. The Labute approximate surface area is 166 Å². The summed E-state index contributed by atoms with van der Waals surface area (Å²) in [4.78, 5) is 12.3. The first-order valence-electron chi connectivity index (χ1n) is 9.24. The van der Waals surface area contributed by atoms with Crippen LogP contribution in [0, 0.1) is 5.92 Å². The normalized spacial score (nSPS) is 10.5. The zero-order valence-electron chi connectivity index (χ0n) is 17.2. The molecule has 0 aliphatic carbocycles. The van der Waals surface area contributed by atoms with Crippen molar-refractivity contribution in [3.63, 3.8) is 0 Å². The second kappa shape index (κ2) is 10.4. The summed E-state index contributed by atoms with van der Waals surface area (Å²) in [6.07, 6.45) is 0.215. The third kappa shape index (κ3) is 6.08. The Hall–Kier alpha value is -2.89. The van der Waals surface area contributed by atoms with Gasteiger partial charge in [0.05, 0.1) is 34.4 Å². The fourth-order valence-electron chi connectivity index (χ4n) is 2.65. The first-order valence-corrected chi connectivity index (χ1v) is 9.24. The molecule has 0 saturated carbocycles. The zero-order chi connectivity index (χ0) is 20.5. The van der Waals surface area contributed by atoms with Gasteiger partial charge in [-0.3, -0.25) is 4.79 Å². The minimum absolute atomic E-state index is 0.0885. The van der Waals surface area contributed by atoms with E-state index in [-0.39, 0.29) is 12.3 Å². The highest BCUT2D eigenvalue weighted by Gasteiger charge is 2.14. The number of methoxy groups -OCH3 is 3. The predicted molar refractivity (Wildman–Crippen MR) is 108 cm³/mol. The molecule has 1 N–H and O–H groups in total. The van der Waals surface area contributed by atoms with Gasteiger partial charge in [0, 0.05) is 6.54 Å². The molecule has 6 nitrogen and oxygen atoms in total. The van der Waals surface area contributed by atoms with E-state index in [1.165, 1.54) is 0 Å². The average Bonchev–Trinajstić information content (AvgIpc) is 2.70. The number of carbonyl (C=O) groups is 1. The number of carbonyl (C=O) groups excluding carboxylic acids is 1. The minimum atomic E-state index is -0.0885. The molecule has 0 atom stereocenters. The molecule has 0 aliphatic heterocycles. The van der Waals surface area contributed by atoms with Gasteiger partial charge >= 0.3 is 0 Å². The van der Waals surface area contributed by atoms with Crippen LogP contribution < -0.4 is 24.3 Å². The largest absolute Gasteiger partial charge is 0.493 e. The van der Waals surface area contributed by atoms with Crippen molar-refractivity contribution in [2.75, 3.05) is 27.9 Å². The summed E-state index contributed by atoms with van der Waals surface area (Å²) in [5.41, 5.74) is 1.79. The molecule has 1 amide bonds. The first-order chi connectivity index (χ1) is 13.5. The van der Waals surface area contributed by atoms with Crippen molar-refractivity contribution in [2.24, 2.45) is 5.92 Å². The number of amides is 1. The van der Waals surface area contributed by atoms with Crippen LogP contribution in [0.1, 0.15) is 25.0 Å². The second-order valence-electron chi connectivity index (χ2n) is 6.84. The lowest BCUT2D eigenvalue weighted by atomic mass is 10.1. The van der Waals surface area contributed by atoms with Gasteiger partial charge in [-0.25, -0.2) is 0 Å². The molecule has 0 unspecified atom stereocenters. The van der Waals surface area contributed by atoms with Crippen LogP contribution in [0.25, 0.3) is 0 Å². The third-order valence-corrected chi connectivity index (χ3v) is 4.09. The maximum atomic E-state index is 12.3. The highest BCUT2D eigenvalue weighted by molar-refractivity contribution is 5.79. The third-order valence-electron chi connectivity index (χ3n) is 4.09. The molecule has 0 aromatic heterocycles. The standard InChI is InChI=1S/C22H29NO5/c1-15(2)14-28-18-8-6-16(7-9-18)13-23-21(24)12-17-10-19(25-3)22(27-5)20(11-17)26-4/h6-11,15H,12-14H2,1-5H3,(H,23,24). The molecule has 0 radical (unpaired) electrons. The monoisotopic (exact) mass is 387 g/mol. The van der Waals surface area contributed by atoms with Crippen LogP contribution >= 0.6 is 0 Å². The highest BCUT2D eigenvalue weighted by atomic mass is 16.5. The van der Waals surface area contributed by atoms with Gasteiger partial charge in [-0.15, -0.1) is 0 Å². The lowest BCUT2D eigenvalue weighted by Gasteiger charge is -2.14. The highest BCUT2D eigenvalue weighted by Crippen LogP contribution is 2.38. The van der Waals surface area contributed by atoms with E-state index >= 15 is 0 Å². The number of rotatable bonds is 10. The van der Waals surface area contributed by atoms with E-state index in [0.717, 1.165) is 16.9 Å².